The van der Waals surface area contributed by atoms with Crippen molar-refractivity contribution in [3.8, 4) is 5.69 Å². The summed E-state index contributed by atoms with van der Waals surface area (Å²) >= 11 is 0. The Morgan fingerprint density at radius 3 is 2.34 bits per heavy atom. The molecule has 2 N–H and O–H groups in total. The van der Waals surface area contributed by atoms with E-state index in [1.54, 1.807) is 24.1 Å². The molecule has 0 saturated heterocycles. The van der Waals surface area contributed by atoms with Crippen LogP contribution in [-0.4, -0.2) is 36.1 Å². The van der Waals surface area contributed by atoms with Crippen LogP contribution in [0.4, 0.5) is 0 Å². The number of benzene rings is 2. The van der Waals surface area contributed by atoms with Crippen LogP contribution in [0.25, 0.3) is 5.69 Å². The van der Waals surface area contributed by atoms with E-state index in [9.17, 15) is 13.2 Å². The highest BCUT2D eigenvalue weighted by molar-refractivity contribution is 7.89. The number of para-hydroxylation sites is 1. The Kier molecular flexibility index (Phi) is 6.17. The normalized spacial score (nSPS) is 15.0. The number of rotatable bonds is 5. The SMILES string of the molecule is CC(c1ccc(S(N)(=O)=O)cc1)N(C)C(=O)c1nn(-c2ccccc2)c2c1CCCCC2. The summed E-state index contributed by atoms with van der Waals surface area (Å²) in [6, 6.07) is 16.0. The van der Waals surface area contributed by atoms with Crippen molar-refractivity contribution in [2.24, 2.45) is 5.14 Å². The van der Waals surface area contributed by atoms with Gasteiger partial charge in [0.05, 0.1) is 16.6 Å². The molecular formula is C24H28N4O3S. The Hall–Kier alpha value is -2.97. The molecule has 3 aromatic rings. The lowest BCUT2D eigenvalue weighted by Crippen LogP contribution is -2.30. The lowest BCUT2D eigenvalue weighted by atomic mass is 10.0. The molecule has 8 heteroatoms. The largest absolute Gasteiger partial charge is 0.334 e. The number of aromatic nitrogens is 2. The second-order valence-corrected chi connectivity index (χ2v) is 9.85. The number of nitrogens with zero attached hydrogens (tertiary/aromatic N) is 3. The summed E-state index contributed by atoms with van der Waals surface area (Å²) in [5, 5.41) is 9.97. The van der Waals surface area contributed by atoms with Crippen molar-refractivity contribution in [3.63, 3.8) is 0 Å². The number of hydrogen-bond acceptors (Lipinski definition) is 4. The van der Waals surface area contributed by atoms with Gasteiger partial charge in [-0.2, -0.15) is 5.10 Å². The highest BCUT2D eigenvalue weighted by Crippen LogP contribution is 2.29. The molecule has 2 aromatic carbocycles. The molecule has 168 valence electrons. The number of carbonyl (C=O) groups excluding carboxylic acids is 1. The lowest BCUT2D eigenvalue weighted by molar-refractivity contribution is 0.0735. The van der Waals surface area contributed by atoms with Gasteiger partial charge in [-0.25, -0.2) is 18.2 Å². The van der Waals surface area contributed by atoms with Gasteiger partial charge in [-0.05, 0) is 62.4 Å². The van der Waals surface area contributed by atoms with Crippen molar-refractivity contribution in [3.05, 3.63) is 77.1 Å². The molecule has 1 aliphatic rings. The first-order valence-electron chi connectivity index (χ1n) is 10.8. The minimum absolute atomic E-state index is 0.0503. The summed E-state index contributed by atoms with van der Waals surface area (Å²) in [6.45, 7) is 1.91. The molecule has 0 spiro atoms. The van der Waals surface area contributed by atoms with Crippen LogP contribution in [0.2, 0.25) is 0 Å². The fraction of sp³-hybridized carbons (Fsp3) is 0.333. The lowest BCUT2D eigenvalue weighted by Gasteiger charge is -2.25. The Balaban J connectivity index is 1.67. The average molecular weight is 453 g/mol. The van der Waals surface area contributed by atoms with Crippen molar-refractivity contribution in [1.29, 1.82) is 0 Å². The zero-order valence-corrected chi connectivity index (χ0v) is 19.2. The van der Waals surface area contributed by atoms with E-state index in [2.05, 4.69) is 0 Å². The van der Waals surface area contributed by atoms with Crippen molar-refractivity contribution < 1.29 is 13.2 Å². The van der Waals surface area contributed by atoms with Crippen molar-refractivity contribution in [1.82, 2.24) is 14.7 Å². The van der Waals surface area contributed by atoms with Crippen LogP contribution in [0, 0.1) is 0 Å². The summed E-state index contributed by atoms with van der Waals surface area (Å²) in [5.74, 6) is -0.138. The van der Waals surface area contributed by atoms with E-state index < -0.39 is 10.0 Å². The van der Waals surface area contributed by atoms with Gasteiger partial charge in [0.2, 0.25) is 10.0 Å². The summed E-state index contributed by atoms with van der Waals surface area (Å²) in [4.78, 5) is 15.3. The Morgan fingerprint density at radius 1 is 1.03 bits per heavy atom. The summed E-state index contributed by atoms with van der Waals surface area (Å²) in [6.07, 6.45) is 5.01. The third kappa shape index (κ3) is 4.33. The highest BCUT2D eigenvalue weighted by atomic mass is 32.2. The predicted octanol–water partition coefficient (Wildman–Crippen LogP) is 3.62. The molecule has 0 aliphatic heterocycles. The molecule has 4 rings (SSSR count). The second-order valence-electron chi connectivity index (χ2n) is 8.29. The van der Waals surface area contributed by atoms with Gasteiger partial charge in [0.15, 0.2) is 5.69 Å². The maximum absolute atomic E-state index is 13.5. The van der Waals surface area contributed by atoms with Gasteiger partial charge in [0.25, 0.3) is 5.91 Å². The number of sulfonamides is 1. The number of nitrogens with two attached hydrogens (primary N) is 1. The van der Waals surface area contributed by atoms with Crippen molar-refractivity contribution in [2.45, 2.75) is 50.0 Å². The van der Waals surface area contributed by atoms with Gasteiger partial charge >= 0.3 is 0 Å². The summed E-state index contributed by atoms with van der Waals surface area (Å²) < 4.78 is 25.0. The standard InChI is InChI=1S/C24H28N4O3S/c1-17(18-13-15-20(16-14-18)32(25,30)31)27(2)24(29)23-21-11-7-4-8-12-22(21)28(26-23)19-9-5-3-6-10-19/h3,5-6,9-10,13-17H,4,7-8,11-12H2,1-2H3,(H2,25,30,31). The zero-order valence-electron chi connectivity index (χ0n) is 18.4. The molecule has 32 heavy (non-hydrogen) atoms. The first-order chi connectivity index (χ1) is 15.3. The van der Waals surface area contributed by atoms with E-state index >= 15 is 0 Å². The zero-order chi connectivity index (χ0) is 22.9. The minimum Gasteiger partial charge on any atom is -0.334 e. The first-order valence-corrected chi connectivity index (χ1v) is 12.4. The molecule has 1 aliphatic carbocycles. The van der Waals surface area contributed by atoms with Crippen LogP contribution in [-0.2, 0) is 22.9 Å². The highest BCUT2D eigenvalue weighted by Gasteiger charge is 2.28. The maximum atomic E-state index is 13.5. The topological polar surface area (TPSA) is 98.3 Å². The van der Waals surface area contributed by atoms with Crippen LogP contribution < -0.4 is 5.14 Å². The van der Waals surface area contributed by atoms with Gasteiger partial charge in [-0.1, -0.05) is 36.8 Å². The van der Waals surface area contributed by atoms with Crippen molar-refractivity contribution >= 4 is 15.9 Å². The van der Waals surface area contributed by atoms with Crippen LogP contribution in [0.3, 0.4) is 0 Å². The summed E-state index contributed by atoms with van der Waals surface area (Å²) in [7, 11) is -2.00. The number of hydrogen-bond donors (Lipinski definition) is 1. The number of amides is 1. The maximum Gasteiger partial charge on any atom is 0.274 e. The number of primary sulfonamides is 1. The number of carbonyl (C=O) groups is 1. The van der Waals surface area contributed by atoms with Gasteiger partial charge in [-0.15, -0.1) is 0 Å². The third-order valence-corrected chi connectivity index (χ3v) is 7.16. The molecule has 0 radical (unpaired) electrons. The molecule has 1 aromatic heterocycles. The van der Waals surface area contributed by atoms with E-state index in [0.717, 1.165) is 54.6 Å². The minimum atomic E-state index is -3.76. The van der Waals surface area contributed by atoms with Gasteiger partial charge < -0.3 is 4.90 Å². The predicted molar refractivity (Wildman–Crippen MR) is 123 cm³/mol. The van der Waals surface area contributed by atoms with Crippen LogP contribution in [0.5, 0.6) is 0 Å². The quantitative estimate of drug-likeness (QED) is 0.598. The monoisotopic (exact) mass is 452 g/mol. The second kappa shape index (κ2) is 8.88. The molecule has 1 atom stereocenters. The van der Waals surface area contributed by atoms with E-state index in [1.807, 2.05) is 41.9 Å². The average Bonchev–Trinajstić information content (AvgIpc) is 2.98. The molecule has 1 unspecified atom stereocenters. The Labute approximate surface area is 188 Å². The summed E-state index contributed by atoms with van der Waals surface area (Å²) in [5.41, 5.74) is 4.44. The van der Waals surface area contributed by atoms with E-state index in [1.165, 1.54) is 12.1 Å². The molecule has 7 nitrogen and oxygen atoms in total. The molecule has 1 amide bonds. The fourth-order valence-electron chi connectivity index (χ4n) is 4.23. The van der Waals surface area contributed by atoms with Gasteiger partial charge in [-0.3, -0.25) is 4.79 Å². The van der Waals surface area contributed by atoms with E-state index in [4.69, 9.17) is 10.2 Å². The first kappa shape index (κ1) is 22.2. The Morgan fingerprint density at radius 2 is 1.69 bits per heavy atom. The molecule has 0 fully saturated rings. The molecular weight excluding hydrogens is 424 g/mol. The molecule has 0 bridgehead atoms. The number of fused-ring (bicyclic) bond motifs is 1. The van der Waals surface area contributed by atoms with E-state index in [0.29, 0.717) is 5.69 Å². The van der Waals surface area contributed by atoms with Crippen LogP contribution >= 0.6 is 0 Å². The van der Waals surface area contributed by atoms with Crippen LogP contribution in [0.15, 0.2) is 59.5 Å². The van der Waals surface area contributed by atoms with E-state index in [-0.39, 0.29) is 16.8 Å². The van der Waals surface area contributed by atoms with Crippen molar-refractivity contribution in [2.75, 3.05) is 7.05 Å². The molecule has 0 saturated carbocycles. The molecule has 1 heterocycles. The smallest absolute Gasteiger partial charge is 0.274 e. The van der Waals surface area contributed by atoms with Gasteiger partial charge in [0, 0.05) is 18.3 Å². The van der Waals surface area contributed by atoms with Gasteiger partial charge in [0.1, 0.15) is 0 Å². The Bertz CT molecular complexity index is 1220. The fourth-order valence-corrected chi connectivity index (χ4v) is 4.75. The van der Waals surface area contributed by atoms with Crippen LogP contribution in [0.1, 0.15) is 59.5 Å². The third-order valence-electron chi connectivity index (χ3n) is 6.23.